The molecule has 9 heteroatoms. The first-order valence-electron chi connectivity index (χ1n) is 11.2. The number of ketones is 1. The third-order valence-electron chi connectivity index (χ3n) is 8.19. The molecule has 0 unspecified atom stereocenters. The van der Waals surface area contributed by atoms with Crippen LogP contribution in [0.15, 0.2) is 12.7 Å². The van der Waals surface area contributed by atoms with E-state index >= 15 is 0 Å². The second-order valence-corrected chi connectivity index (χ2v) is 10.9. The molecule has 0 radical (unpaired) electrons. The van der Waals surface area contributed by atoms with Crippen molar-refractivity contribution in [3.05, 3.63) is 12.7 Å². The SMILES string of the molecule is C=C[C@@]1(C)CC(=O)[C@]2(O)[C@@]3(C)CCCC(C)(C)[C@@H]3C(O)(O)[C@H](OC(=O)NCCO)[C@@]2(C)O1. The summed E-state index contributed by atoms with van der Waals surface area (Å²) in [7, 11) is 0. The van der Waals surface area contributed by atoms with Gasteiger partial charge in [-0.05, 0) is 32.1 Å². The maximum absolute atomic E-state index is 13.7. The summed E-state index contributed by atoms with van der Waals surface area (Å²) in [6.45, 7) is 11.7. The highest BCUT2D eigenvalue weighted by molar-refractivity contribution is 5.92. The summed E-state index contributed by atoms with van der Waals surface area (Å²) in [6, 6.07) is 0. The van der Waals surface area contributed by atoms with Gasteiger partial charge in [-0.2, -0.15) is 0 Å². The number of nitrogens with one attached hydrogen (secondary N) is 1. The van der Waals surface area contributed by atoms with E-state index in [2.05, 4.69) is 11.9 Å². The van der Waals surface area contributed by atoms with Crippen LogP contribution in [0.1, 0.15) is 60.3 Å². The molecule has 2 saturated carbocycles. The minimum atomic E-state index is -2.63. The van der Waals surface area contributed by atoms with Crippen LogP contribution in [0.5, 0.6) is 0 Å². The zero-order valence-corrected chi connectivity index (χ0v) is 19.6. The van der Waals surface area contributed by atoms with Crippen LogP contribution in [0.4, 0.5) is 4.79 Å². The van der Waals surface area contributed by atoms with Gasteiger partial charge in [-0.25, -0.2) is 4.79 Å². The van der Waals surface area contributed by atoms with E-state index in [4.69, 9.17) is 14.6 Å². The number of Topliss-reactive ketones (excluding diaryl/α,β-unsaturated/α-hetero) is 1. The number of alkyl carbamates (subject to hydrolysis) is 1. The van der Waals surface area contributed by atoms with Crippen molar-refractivity contribution in [3.8, 4) is 0 Å². The number of hydrogen-bond donors (Lipinski definition) is 5. The molecule has 1 amide bonds. The Morgan fingerprint density at radius 2 is 1.84 bits per heavy atom. The number of amides is 1. The van der Waals surface area contributed by atoms with E-state index in [9.17, 15) is 24.9 Å². The van der Waals surface area contributed by atoms with E-state index in [1.807, 2.05) is 13.8 Å². The van der Waals surface area contributed by atoms with Crippen LogP contribution < -0.4 is 5.32 Å². The number of hydrogen-bond acceptors (Lipinski definition) is 8. The van der Waals surface area contributed by atoms with Gasteiger partial charge >= 0.3 is 6.09 Å². The first-order valence-corrected chi connectivity index (χ1v) is 11.2. The Balaban J connectivity index is 2.26. The smallest absolute Gasteiger partial charge is 0.407 e. The number of aliphatic hydroxyl groups excluding tert-OH is 1. The lowest BCUT2D eigenvalue weighted by molar-refractivity contribution is -0.421. The maximum atomic E-state index is 13.7. The zero-order chi connectivity index (χ0) is 24.4. The lowest BCUT2D eigenvalue weighted by Crippen LogP contribution is -2.87. The first kappa shape index (κ1) is 25.1. The monoisotopic (exact) mass is 455 g/mol. The highest BCUT2D eigenvalue weighted by Gasteiger charge is 2.83. The molecule has 9 nitrogen and oxygen atoms in total. The molecule has 0 bridgehead atoms. The highest BCUT2D eigenvalue weighted by atomic mass is 16.6. The van der Waals surface area contributed by atoms with Gasteiger partial charge in [0.2, 0.25) is 5.79 Å². The van der Waals surface area contributed by atoms with Gasteiger partial charge in [-0.1, -0.05) is 33.3 Å². The van der Waals surface area contributed by atoms with Crippen LogP contribution in [0, 0.1) is 16.7 Å². The molecule has 6 atom stereocenters. The molecule has 1 heterocycles. The topological polar surface area (TPSA) is 146 Å². The number of carbonyl (C=O) groups excluding carboxylic acids is 2. The van der Waals surface area contributed by atoms with Gasteiger partial charge in [-0.3, -0.25) is 4.79 Å². The largest absolute Gasteiger partial charge is 0.437 e. The molecule has 0 aromatic rings. The molecule has 1 aliphatic heterocycles. The standard InChI is InChI=1S/C23H37NO8/c1-7-19(4)13-14(26)23(30)20(5)10-8-9-18(2,3)15(20)22(28,29)16(21(23,6)32-19)31-17(27)24-11-12-25/h7,15-16,25,28-30H,1,8-13H2,2-6H3,(H,24,27)/t15-,16+,19-,20-,21+,23-/m0/s1. The molecule has 182 valence electrons. The second kappa shape index (κ2) is 7.50. The maximum Gasteiger partial charge on any atom is 0.407 e. The molecule has 0 aromatic carbocycles. The summed E-state index contributed by atoms with van der Waals surface area (Å²) < 4.78 is 11.7. The normalized spacial score (nSPS) is 44.7. The number of rotatable bonds is 4. The molecule has 1 saturated heterocycles. The third kappa shape index (κ3) is 3.16. The lowest BCUT2D eigenvalue weighted by Gasteiger charge is -2.71. The predicted octanol–water partition coefficient (Wildman–Crippen LogP) is 1.02. The fraction of sp³-hybridized carbons (Fsp3) is 0.826. The first-order chi connectivity index (χ1) is 14.6. The van der Waals surface area contributed by atoms with Crippen LogP contribution >= 0.6 is 0 Å². The summed E-state index contributed by atoms with van der Waals surface area (Å²) in [4.78, 5) is 26.2. The molecular weight excluding hydrogens is 418 g/mol. The average Bonchev–Trinajstić information content (AvgIpc) is 2.66. The minimum absolute atomic E-state index is 0.118. The zero-order valence-electron chi connectivity index (χ0n) is 19.6. The third-order valence-corrected chi connectivity index (χ3v) is 8.19. The van der Waals surface area contributed by atoms with Crippen molar-refractivity contribution in [1.29, 1.82) is 0 Å². The Kier molecular flexibility index (Phi) is 5.88. The van der Waals surface area contributed by atoms with Crippen molar-refractivity contribution in [2.75, 3.05) is 13.2 Å². The van der Waals surface area contributed by atoms with E-state index in [0.717, 1.165) is 0 Å². The number of fused-ring (bicyclic) bond motifs is 3. The lowest BCUT2D eigenvalue weighted by atomic mass is 9.39. The van der Waals surface area contributed by atoms with Crippen molar-refractivity contribution >= 4 is 11.9 Å². The van der Waals surface area contributed by atoms with Crippen molar-refractivity contribution in [1.82, 2.24) is 5.32 Å². The highest BCUT2D eigenvalue weighted by Crippen LogP contribution is 2.69. The summed E-state index contributed by atoms with van der Waals surface area (Å²) in [5.41, 5.74) is -7.35. The van der Waals surface area contributed by atoms with Crippen molar-refractivity contribution < 1.29 is 39.5 Å². The van der Waals surface area contributed by atoms with Crippen LogP contribution in [-0.2, 0) is 14.3 Å². The molecule has 2 aliphatic carbocycles. The van der Waals surface area contributed by atoms with Gasteiger partial charge in [-0.15, -0.1) is 6.58 Å². The van der Waals surface area contributed by atoms with Gasteiger partial charge < -0.3 is 35.2 Å². The molecule has 32 heavy (non-hydrogen) atoms. The van der Waals surface area contributed by atoms with Gasteiger partial charge in [0, 0.05) is 24.3 Å². The van der Waals surface area contributed by atoms with Crippen molar-refractivity contribution in [2.24, 2.45) is 16.7 Å². The summed E-state index contributed by atoms with van der Waals surface area (Å²) >= 11 is 0. The van der Waals surface area contributed by atoms with E-state index in [1.54, 1.807) is 13.8 Å². The second-order valence-electron chi connectivity index (χ2n) is 10.9. The molecule has 3 fully saturated rings. The molecule has 5 N–H and O–H groups in total. The summed E-state index contributed by atoms with van der Waals surface area (Å²) in [5.74, 6) is -4.15. The summed E-state index contributed by atoms with van der Waals surface area (Å²) in [5, 5.41) is 46.8. The fourth-order valence-corrected chi connectivity index (χ4v) is 7.12. The average molecular weight is 456 g/mol. The molecule has 0 aromatic heterocycles. The van der Waals surface area contributed by atoms with Crippen LogP contribution in [0.3, 0.4) is 0 Å². The van der Waals surface area contributed by atoms with Crippen LogP contribution in [0.2, 0.25) is 0 Å². The Labute approximate surface area is 188 Å². The Morgan fingerprint density at radius 1 is 1.22 bits per heavy atom. The predicted molar refractivity (Wildman–Crippen MR) is 114 cm³/mol. The Bertz CT molecular complexity index is 812. The van der Waals surface area contributed by atoms with E-state index in [1.165, 1.54) is 13.0 Å². The summed E-state index contributed by atoms with van der Waals surface area (Å²) in [6.07, 6.45) is 0.0954. The Morgan fingerprint density at radius 3 is 2.41 bits per heavy atom. The molecule has 0 spiro atoms. The molecule has 3 aliphatic rings. The Hall–Kier alpha value is -1.52. The van der Waals surface area contributed by atoms with E-state index < -0.39 is 57.3 Å². The fourth-order valence-electron chi connectivity index (χ4n) is 7.12. The van der Waals surface area contributed by atoms with Crippen molar-refractivity contribution in [3.63, 3.8) is 0 Å². The number of aliphatic hydroxyl groups is 4. The molecular formula is C23H37NO8. The van der Waals surface area contributed by atoms with E-state index in [0.29, 0.717) is 19.3 Å². The van der Waals surface area contributed by atoms with Crippen LogP contribution in [-0.4, -0.2) is 74.1 Å². The molecule has 3 rings (SSSR count). The van der Waals surface area contributed by atoms with Gasteiger partial charge in [0.25, 0.3) is 0 Å². The van der Waals surface area contributed by atoms with Gasteiger partial charge in [0.1, 0.15) is 5.60 Å². The van der Waals surface area contributed by atoms with Gasteiger partial charge in [0.15, 0.2) is 17.5 Å². The number of carbonyl (C=O) groups is 2. The van der Waals surface area contributed by atoms with Crippen LogP contribution in [0.25, 0.3) is 0 Å². The van der Waals surface area contributed by atoms with Gasteiger partial charge in [0.05, 0.1) is 12.2 Å². The van der Waals surface area contributed by atoms with Crippen molar-refractivity contribution in [2.45, 2.75) is 89.0 Å². The van der Waals surface area contributed by atoms with E-state index in [-0.39, 0.29) is 19.6 Å². The number of ether oxygens (including phenoxy) is 2. The quantitative estimate of drug-likeness (QED) is 0.312. The minimum Gasteiger partial charge on any atom is -0.437 e.